The molecule has 14 heavy (non-hydrogen) atoms. The lowest BCUT2D eigenvalue weighted by molar-refractivity contribution is 0.180. The van der Waals surface area contributed by atoms with Gasteiger partial charge in [0.25, 0.3) is 0 Å². The molecule has 0 aromatic carbocycles. The van der Waals surface area contributed by atoms with Crippen molar-refractivity contribution in [3.8, 4) is 0 Å². The van der Waals surface area contributed by atoms with E-state index in [9.17, 15) is 0 Å². The topological polar surface area (TPSA) is 0 Å². The molecule has 0 fully saturated rings. The lowest BCUT2D eigenvalue weighted by atomic mass is 9.73. The Morgan fingerprint density at radius 3 is 1.79 bits per heavy atom. The Balaban J connectivity index is 3.99. The molecule has 0 bridgehead atoms. The summed E-state index contributed by atoms with van der Waals surface area (Å²) in [5, 5.41) is 0. The molecule has 0 aliphatic rings. The van der Waals surface area contributed by atoms with E-state index < -0.39 is 0 Å². The van der Waals surface area contributed by atoms with Gasteiger partial charge in [-0.2, -0.15) is 0 Å². The molecule has 0 saturated heterocycles. The molecule has 0 radical (unpaired) electrons. The van der Waals surface area contributed by atoms with Gasteiger partial charge in [-0.25, -0.2) is 0 Å². The highest BCUT2D eigenvalue weighted by molar-refractivity contribution is 4.75. The van der Waals surface area contributed by atoms with E-state index in [1.807, 2.05) is 0 Å². The zero-order chi connectivity index (χ0) is 11.4. The molecule has 0 heterocycles. The molecule has 0 amide bonds. The molecule has 0 aromatic heterocycles. The SMILES string of the molecule is CCC(C)(C)C(C)CC(C)CC(C)C. The van der Waals surface area contributed by atoms with Crippen molar-refractivity contribution in [3.63, 3.8) is 0 Å². The molecule has 0 aliphatic carbocycles. The van der Waals surface area contributed by atoms with Crippen LogP contribution in [0.5, 0.6) is 0 Å². The van der Waals surface area contributed by atoms with E-state index >= 15 is 0 Å². The highest BCUT2D eigenvalue weighted by Crippen LogP contribution is 2.35. The van der Waals surface area contributed by atoms with Gasteiger partial charge >= 0.3 is 0 Å². The van der Waals surface area contributed by atoms with Crippen molar-refractivity contribution >= 4 is 0 Å². The summed E-state index contributed by atoms with van der Waals surface area (Å²) < 4.78 is 0. The van der Waals surface area contributed by atoms with E-state index in [4.69, 9.17) is 0 Å². The van der Waals surface area contributed by atoms with Crippen LogP contribution in [0.3, 0.4) is 0 Å². The number of hydrogen-bond acceptors (Lipinski definition) is 0. The van der Waals surface area contributed by atoms with E-state index in [1.54, 1.807) is 0 Å². The van der Waals surface area contributed by atoms with Crippen LogP contribution in [0.4, 0.5) is 0 Å². The first-order valence-electron chi connectivity index (χ1n) is 6.29. The monoisotopic (exact) mass is 198 g/mol. The average molecular weight is 198 g/mol. The van der Waals surface area contributed by atoms with Gasteiger partial charge in [-0.15, -0.1) is 0 Å². The predicted octanol–water partition coefficient (Wildman–Crippen LogP) is 5.13. The van der Waals surface area contributed by atoms with E-state index in [0.29, 0.717) is 5.41 Å². The largest absolute Gasteiger partial charge is 0.0649 e. The standard InChI is InChI=1S/C14H30/c1-8-14(6,7)13(5)10-12(4)9-11(2)3/h11-13H,8-10H2,1-7H3. The Bertz CT molecular complexity index is 144. The summed E-state index contributed by atoms with van der Waals surface area (Å²) in [7, 11) is 0. The summed E-state index contributed by atoms with van der Waals surface area (Å²) in [4.78, 5) is 0. The Morgan fingerprint density at radius 1 is 0.929 bits per heavy atom. The first-order chi connectivity index (χ1) is 6.29. The number of hydrogen-bond donors (Lipinski definition) is 0. The lowest BCUT2D eigenvalue weighted by Gasteiger charge is -2.33. The third kappa shape index (κ3) is 5.02. The minimum absolute atomic E-state index is 0.519. The summed E-state index contributed by atoms with van der Waals surface area (Å²) in [5.74, 6) is 2.58. The maximum atomic E-state index is 2.42. The zero-order valence-electron chi connectivity index (χ0n) is 11.4. The Kier molecular flexibility index (Phi) is 5.78. The summed E-state index contributed by atoms with van der Waals surface area (Å²) in [6.07, 6.45) is 4.06. The molecule has 0 heteroatoms. The average Bonchev–Trinajstić information content (AvgIpc) is 2.02. The highest BCUT2D eigenvalue weighted by Gasteiger charge is 2.25. The molecular formula is C14H30. The quantitative estimate of drug-likeness (QED) is 0.555. The van der Waals surface area contributed by atoms with E-state index in [0.717, 1.165) is 17.8 Å². The van der Waals surface area contributed by atoms with E-state index in [-0.39, 0.29) is 0 Å². The molecule has 0 spiro atoms. The Hall–Kier alpha value is 0. The summed E-state index contributed by atoms with van der Waals surface area (Å²) in [5.41, 5.74) is 0.519. The molecule has 0 aromatic rings. The zero-order valence-corrected chi connectivity index (χ0v) is 11.4. The normalized spacial score (nSPS) is 17.1. The van der Waals surface area contributed by atoms with Crippen molar-refractivity contribution in [2.75, 3.05) is 0 Å². The van der Waals surface area contributed by atoms with Crippen LogP contribution in [0.25, 0.3) is 0 Å². The molecule has 0 saturated carbocycles. The van der Waals surface area contributed by atoms with Gasteiger partial charge in [-0.1, -0.05) is 54.9 Å². The van der Waals surface area contributed by atoms with Gasteiger partial charge in [0.15, 0.2) is 0 Å². The maximum absolute atomic E-state index is 2.42. The van der Waals surface area contributed by atoms with Crippen molar-refractivity contribution in [1.82, 2.24) is 0 Å². The second-order valence-electron chi connectivity index (χ2n) is 6.21. The molecule has 0 rings (SSSR count). The van der Waals surface area contributed by atoms with Crippen molar-refractivity contribution < 1.29 is 0 Å². The smallest absolute Gasteiger partial charge is 0.0331 e. The van der Waals surface area contributed by atoms with Crippen molar-refractivity contribution in [2.45, 2.75) is 67.7 Å². The molecule has 2 unspecified atom stereocenters. The van der Waals surface area contributed by atoms with Crippen molar-refractivity contribution in [3.05, 3.63) is 0 Å². The minimum Gasteiger partial charge on any atom is -0.0649 e. The highest BCUT2D eigenvalue weighted by atomic mass is 14.3. The fourth-order valence-electron chi connectivity index (χ4n) is 2.17. The Morgan fingerprint density at radius 2 is 1.43 bits per heavy atom. The summed E-state index contributed by atoms with van der Waals surface area (Å²) in [6.45, 7) is 16.6. The molecule has 0 nitrogen and oxygen atoms in total. The molecule has 86 valence electrons. The van der Waals surface area contributed by atoms with Crippen molar-refractivity contribution in [2.24, 2.45) is 23.2 Å². The summed E-state index contributed by atoms with van der Waals surface area (Å²) in [6, 6.07) is 0. The third-order valence-electron chi connectivity index (χ3n) is 3.87. The van der Waals surface area contributed by atoms with Gasteiger partial charge < -0.3 is 0 Å². The maximum Gasteiger partial charge on any atom is -0.0331 e. The fraction of sp³-hybridized carbons (Fsp3) is 1.00. The first kappa shape index (κ1) is 14.0. The molecule has 2 atom stereocenters. The second kappa shape index (κ2) is 5.78. The van der Waals surface area contributed by atoms with Gasteiger partial charge in [0.2, 0.25) is 0 Å². The van der Waals surface area contributed by atoms with Crippen LogP contribution in [-0.2, 0) is 0 Å². The van der Waals surface area contributed by atoms with Gasteiger partial charge in [0.05, 0.1) is 0 Å². The fourth-order valence-corrected chi connectivity index (χ4v) is 2.17. The van der Waals surface area contributed by atoms with Crippen LogP contribution >= 0.6 is 0 Å². The summed E-state index contributed by atoms with van der Waals surface area (Å²) >= 11 is 0. The Labute approximate surface area is 91.5 Å². The van der Waals surface area contributed by atoms with E-state index in [1.165, 1.54) is 19.3 Å². The van der Waals surface area contributed by atoms with Gasteiger partial charge in [-0.3, -0.25) is 0 Å². The van der Waals surface area contributed by atoms with Crippen LogP contribution < -0.4 is 0 Å². The van der Waals surface area contributed by atoms with Gasteiger partial charge in [0, 0.05) is 0 Å². The van der Waals surface area contributed by atoms with Crippen LogP contribution in [0.2, 0.25) is 0 Å². The molecular weight excluding hydrogens is 168 g/mol. The van der Waals surface area contributed by atoms with Crippen LogP contribution in [0, 0.1) is 23.2 Å². The second-order valence-corrected chi connectivity index (χ2v) is 6.21. The molecule has 0 aliphatic heterocycles. The lowest BCUT2D eigenvalue weighted by Crippen LogP contribution is -2.22. The predicted molar refractivity (Wildman–Crippen MR) is 66.5 cm³/mol. The van der Waals surface area contributed by atoms with Crippen molar-refractivity contribution in [1.29, 1.82) is 0 Å². The minimum atomic E-state index is 0.519. The number of rotatable bonds is 6. The third-order valence-corrected chi connectivity index (χ3v) is 3.87. The van der Waals surface area contributed by atoms with Crippen LogP contribution in [-0.4, -0.2) is 0 Å². The van der Waals surface area contributed by atoms with Gasteiger partial charge in [-0.05, 0) is 36.0 Å². The van der Waals surface area contributed by atoms with Gasteiger partial charge in [0.1, 0.15) is 0 Å². The molecule has 0 N–H and O–H groups in total. The first-order valence-corrected chi connectivity index (χ1v) is 6.29. The van der Waals surface area contributed by atoms with E-state index in [2.05, 4.69) is 48.5 Å². The van der Waals surface area contributed by atoms with Crippen LogP contribution in [0.15, 0.2) is 0 Å². The van der Waals surface area contributed by atoms with Crippen LogP contribution in [0.1, 0.15) is 67.7 Å².